The average molecular weight is 197 g/mol. The van der Waals surface area contributed by atoms with E-state index < -0.39 is 0 Å². The maximum Gasteiger partial charge on any atom is 2.00 e. The summed E-state index contributed by atoms with van der Waals surface area (Å²) in [5.41, 5.74) is 0. The molecule has 2 heteroatoms. The second-order valence-corrected chi connectivity index (χ2v) is 2.73. The molecule has 0 saturated heterocycles. The van der Waals surface area contributed by atoms with Crippen LogP contribution < -0.4 is 4.74 Å². The fourth-order valence-electron chi connectivity index (χ4n) is 1.11. The molecule has 0 saturated carbocycles. The largest absolute Gasteiger partial charge is 2.00 e. The summed E-state index contributed by atoms with van der Waals surface area (Å²) in [4.78, 5) is 0. The fourth-order valence-corrected chi connectivity index (χ4v) is 1.11. The number of benzene rings is 2. The number of hydrogen-bond acceptors (Lipinski definition) is 1. The van der Waals surface area contributed by atoms with Crippen molar-refractivity contribution in [3.8, 4) is 11.5 Å². The third-order valence-corrected chi connectivity index (χ3v) is 1.72. The van der Waals surface area contributed by atoms with Crippen molar-refractivity contribution in [3.63, 3.8) is 0 Å². The summed E-state index contributed by atoms with van der Waals surface area (Å²) >= 11 is 0. The second-order valence-electron chi connectivity index (χ2n) is 2.73. The van der Waals surface area contributed by atoms with Crippen molar-refractivity contribution >= 4 is 23.1 Å². The molecule has 0 aromatic heterocycles. The van der Waals surface area contributed by atoms with Crippen molar-refractivity contribution in [2.24, 2.45) is 0 Å². The Morgan fingerprint density at radius 3 is 1.36 bits per heavy atom. The van der Waals surface area contributed by atoms with Gasteiger partial charge in [0.05, 0.1) is 0 Å². The summed E-state index contributed by atoms with van der Waals surface area (Å²) in [5.74, 6) is 1.74. The minimum absolute atomic E-state index is 0. The number of hydrogen-bond donors (Lipinski definition) is 0. The van der Waals surface area contributed by atoms with Crippen molar-refractivity contribution in [2.75, 3.05) is 0 Å². The van der Waals surface area contributed by atoms with Gasteiger partial charge in [0.15, 0.2) is 0 Å². The molecule has 0 amide bonds. The first-order chi connectivity index (χ1) is 6.45. The Bertz CT molecular complexity index is 330. The van der Waals surface area contributed by atoms with Gasteiger partial charge in [0.2, 0.25) is 0 Å². The normalized spacial score (nSPS) is 8.86. The first-order valence-corrected chi connectivity index (χ1v) is 4.23. The zero-order valence-corrected chi connectivity index (χ0v) is 9.30. The van der Waals surface area contributed by atoms with Crippen molar-refractivity contribution in [2.45, 2.75) is 0 Å². The third kappa shape index (κ3) is 3.05. The minimum atomic E-state index is 0. The third-order valence-electron chi connectivity index (χ3n) is 1.72. The van der Waals surface area contributed by atoms with Crippen LogP contribution in [0.4, 0.5) is 0 Å². The van der Waals surface area contributed by atoms with E-state index in [1.807, 2.05) is 60.7 Å². The second kappa shape index (κ2) is 5.68. The van der Waals surface area contributed by atoms with Gasteiger partial charge in [0.25, 0.3) is 0 Å². The van der Waals surface area contributed by atoms with E-state index in [9.17, 15) is 0 Å². The Kier molecular flexibility index (Phi) is 4.49. The zero-order chi connectivity index (χ0) is 8.93. The van der Waals surface area contributed by atoms with Gasteiger partial charge in [-0.25, -0.2) is 0 Å². The van der Waals surface area contributed by atoms with E-state index in [2.05, 4.69) is 0 Å². The van der Waals surface area contributed by atoms with Crippen LogP contribution in [0.15, 0.2) is 60.7 Å². The number of para-hydroxylation sites is 2. The van der Waals surface area contributed by atoms with Crippen molar-refractivity contribution in [1.82, 2.24) is 0 Å². The Morgan fingerprint density at radius 2 is 1.00 bits per heavy atom. The van der Waals surface area contributed by atoms with E-state index >= 15 is 0 Å². The Labute approximate surface area is 103 Å². The Balaban J connectivity index is 0. The van der Waals surface area contributed by atoms with Gasteiger partial charge in [-0.2, -0.15) is 0 Å². The van der Waals surface area contributed by atoms with Crippen LogP contribution in [0.5, 0.6) is 11.5 Å². The molecule has 2 aromatic carbocycles. The van der Waals surface area contributed by atoms with Gasteiger partial charge in [-0.1, -0.05) is 36.4 Å². The monoisotopic (exact) mass is 196 g/mol. The van der Waals surface area contributed by atoms with Gasteiger partial charge in [0.1, 0.15) is 11.5 Å². The standard InChI is InChI=1S/C12H10O.Mg.2H/c1-3-7-11(8-4-1)13-12-9-5-2-6-10-12;;;/h1-10H;;;/q;+2;2*-1. The van der Waals surface area contributed by atoms with Crippen molar-refractivity contribution in [3.05, 3.63) is 60.7 Å². The smallest absolute Gasteiger partial charge is 1.00 e. The van der Waals surface area contributed by atoms with Crippen molar-refractivity contribution < 1.29 is 7.59 Å². The van der Waals surface area contributed by atoms with Gasteiger partial charge >= 0.3 is 23.1 Å². The SMILES string of the molecule is [H-].[H-].[Mg+2].c1ccc(Oc2ccccc2)cc1. The summed E-state index contributed by atoms with van der Waals surface area (Å²) in [7, 11) is 0. The molecule has 14 heavy (non-hydrogen) atoms. The molecule has 0 spiro atoms. The molecule has 0 aliphatic carbocycles. The molecule has 0 aliphatic rings. The maximum atomic E-state index is 5.58. The van der Waals surface area contributed by atoms with Gasteiger partial charge in [-0.05, 0) is 24.3 Å². The minimum Gasteiger partial charge on any atom is -1.00 e. The zero-order valence-electron chi connectivity index (χ0n) is 9.89. The molecule has 0 aliphatic heterocycles. The topological polar surface area (TPSA) is 9.23 Å². The van der Waals surface area contributed by atoms with Gasteiger partial charge in [-0.3, -0.25) is 0 Å². The summed E-state index contributed by atoms with van der Waals surface area (Å²) in [6.07, 6.45) is 0. The number of ether oxygens (including phenoxy) is 1. The molecule has 0 heterocycles. The van der Waals surface area contributed by atoms with Crippen LogP contribution in [-0.4, -0.2) is 23.1 Å². The van der Waals surface area contributed by atoms with E-state index in [0.29, 0.717) is 0 Å². The molecular weight excluding hydrogens is 184 g/mol. The molecule has 0 atom stereocenters. The molecule has 68 valence electrons. The summed E-state index contributed by atoms with van der Waals surface area (Å²) < 4.78 is 5.58. The average Bonchev–Trinajstić information content (AvgIpc) is 2.21. The van der Waals surface area contributed by atoms with Crippen LogP contribution in [0.3, 0.4) is 0 Å². The number of rotatable bonds is 2. The molecule has 0 fully saturated rings. The van der Waals surface area contributed by atoms with E-state index in [4.69, 9.17) is 4.74 Å². The van der Waals surface area contributed by atoms with Crippen LogP contribution >= 0.6 is 0 Å². The van der Waals surface area contributed by atoms with E-state index in [1.54, 1.807) is 0 Å². The van der Waals surface area contributed by atoms with Crippen molar-refractivity contribution in [1.29, 1.82) is 0 Å². The first kappa shape index (κ1) is 11.1. The quantitative estimate of drug-likeness (QED) is 0.670. The van der Waals surface area contributed by atoms with E-state index in [1.165, 1.54) is 0 Å². The van der Waals surface area contributed by atoms with Gasteiger partial charge < -0.3 is 7.59 Å². The van der Waals surface area contributed by atoms with Crippen LogP contribution in [-0.2, 0) is 0 Å². The summed E-state index contributed by atoms with van der Waals surface area (Å²) in [6, 6.07) is 19.5. The Morgan fingerprint density at radius 1 is 0.643 bits per heavy atom. The molecule has 2 aromatic rings. The fraction of sp³-hybridized carbons (Fsp3) is 0. The molecule has 2 rings (SSSR count). The van der Waals surface area contributed by atoms with Crippen LogP contribution in [0.1, 0.15) is 2.85 Å². The molecule has 0 radical (unpaired) electrons. The predicted molar refractivity (Wildman–Crippen MR) is 60.9 cm³/mol. The van der Waals surface area contributed by atoms with E-state index in [0.717, 1.165) is 11.5 Å². The van der Waals surface area contributed by atoms with Crippen LogP contribution in [0, 0.1) is 0 Å². The van der Waals surface area contributed by atoms with Gasteiger partial charge in [-0.15, -0.1) is 0 Å². The van der Waals surface area contributed by atoms with Crippen LogP contribution in [0.25, 0.3) is 0 Å². The Hall–Kier alpha value is -0.994. The summed E-state index contributed by atoms with van der Waals surface area (Å²) in [5, 5.41) is 0. The molecular formula is C12H12MgO. The predicted octanol–water partition coefficient (Wildman–Crippen LogP) is 3.32. The molecule has 0 bridgehead atoms. The molecule has 0 unspecified atom stereocenters. The molecule has 1 nitrogen and oxygen atoms in total. The van der Waals surface area contributed by atoms with E-state index in [-0.39, 0.29) is 25.9 Å². The summed E-state index contributed by atoms with van der Waals surface area (Å²) in [6.45, 7) is 0. The van der Waals surface area contributed by atoms with Gasteiger partial charge in [0, 0.05) is 0 Å². The first-order valence-electron chi connectivity index (χ1n) is 4.23. The van der Waals surface area contributed by atoms with Crippen LogP contribution in [0.2, 0.25) is 0 Å². The maximum absolute atomic E-state index is 5.58. The molecule has 0 N–H and O–H groups in total.